The summed E-state index contributed by atoms with van der Waals surface area (Å²) in [6, 6.07) is 16.1. The molecule has 0 unspecified atom stereocenters. The summed E-state index contributed by atoms with van der Waals surface area (Å²) in [5, 5.41) is 10.3. The number of aliphatic carboxylic acids is 1. The topological polar surface area (TPSA) is 53.1 Å². The molecule has 0 spiro atoms. The highest BCUT2D eigenvalue weighted by Crippen LogP contribution is 2.32. The molecule has 1 heterocycles. The fourth-order valence-corrected chi connectivity index (χ4v) is 2.81. The average Bonchev–Trinajstić information content (AvgIpc) is 2.85. The molecule has 0 aliphatic heterocycles. The molecule has 0 aliphatic carbocycles. The van der Waals surface area contributed by atoms with Crippen molar-refractivity contribution in [3.05, 3.63) is 59.7 Å². The van der Waals surface area contributed by atoms with Crippen molar-refractivity contribution in [1.82, 2.24) is 4.98 Å². The lowest BCUT2D eigenvalue weighted by molar-refractivity contribution is -0.136. The first-order valence-electron chi connectivity index (χ1n) is 7.48. The highest BCUT2D eigenvalue weighted by Gasteiger charge is 2.16. The first kappa shape index (κ1) is 14.4. The molecule has 112 valence electrons. The fraction of sp³-hybridized carbons (Fsp3) is 0.211. The molecule has 3 rings (SSSR count). The van der Waals surface area contributed by atoms with Gasteiger partial charge in [-0.1, -0.05) is 50.2 Å². The summed E-state index contributed by atoms with van der Waals surface area (Å²) in [6.45, 7) is 4.28. The van der Waals surface area contributed by atoms with E-state index in [1.165, 1.54) is 5.56 Å². The van der Waals surface area contributed by atoms with E-state index in [9.17, 15) is 9.90 Å². The van der Waals surface area contributed by atoms with E-state index in [1.807, 2.05) is 36.4 Å². The molecule has 2 aromatic carbocycles. The van der Waals surface area contributed by atoms with Crippen molar-refractivity contribution in [2.45, 2.75) is 26.2 Å². The van der Waals surface area contributed by atoms with Crippen molar-refractivity contribution in [3.8, 4) is 11.3 Å². The summed E-state index contributed by atoms with van der Waals surface area (Å²) >= 11 is 0. The molecule has 1 aromatic heterocycles. The van der Waals surface area contributed by atoms with Crippen molar-refractivity contribution in [1.29, 1.82) is 0 Å². The number of rotatable bonds is 4. The first-order valence-corrected chi connectivity index (χ1v) is 7.48. The summed E-state index contributed by atoms with van der Waals surface area (Å²) in [5.41, 5.74) is 4.98. The summed E-state index contributed by atoms with van der Waals surface area (Å²) < 4.78 is 0. The van der Waals surface area contributed by atoms with Gasteiger partial charge in [0.2, 0.25) is 0 Å². The predicted octanol–water partition coefficient (Wildman–Crippen LogP) is 4.59. The quantitative estimate of drug-likeness (QED) is 0.739. The monoisotopic (exact) mass is 293 g/mol. The van der Waals surface area contributed by atoms with E-state index in [2.05, 4.69) is 31.0 Å². The van der Waals surface area contributed by atoms with Gasteiger partial charge < -0.3 is 10.1 Å². The number of nitrogens with one attached hydrogen (secondary N) is 1. The molecule has 0 amide bonds. The Bertz CT molecular complexity index is 816. The van der Waals surface area contributed by atoms with Crippen molar-refractivity contribution >= 4 is 16.9 Å². The number of fused-ring (bicyclic) bond motifs is 1. The molecule has 0 saturated carbocycles. The first-order chi connectivity index (χ1) is 10.6. The number of carboxylic acids is 1. The SMILES string of the molecule is CC(C)c1ccc2[nH]c(-c3ccccc3)c(CC(=O)O)c2c1. The highest BCUT2D eigenvalue weighted by atomic mass is 16.4. The molecule has 0 radical (unpaired) electrons. The number of aromatic amines is 1. The lowest BCUT2D eigenvalue weighted by Crippen LogP contribution is -2.01. The molecule has 0 aliphatic rings. The maximum atomic E-state index is 11.3. The molecule has 3 heteroatoms. The highest BCUT2D eigenvalue weighted by molar-refractivity contribution is 5.94. The lowest BCUT2D eigenvalue weighted by Gasteiger charge is -2.06. The second-order valence-electron chi connectivity index (χ2n) is 5.87. The third-order valence-corrected chi connectivity index (χ3v) is 3.99. The molecule has 0 bridgehead atoms. The molecule has 22 heavy (non-hydrogen) atoms. The Hall–Kier alpha value is -2.55. The van der Waals surface area contributed by atoms with E-state index >= 15 is 0 Å². The minimum Gasteiger partial charge on any atom is -0.481 e. The van der Waals surface area contributed by atoms with E-state index in [1.54, 1.807) is 0 Å². The molecule has 0 saturated heterocycles. The number of carboxylic acid groups (broad SMARTS) is 1. The summed E-state index contributed by atoms with van der Waals surface area (Å²) in [7, 11) is 0. The van der Waals surface area contributed by atoms with Gasteiger partial charge in [-0.25, -0.2) is 0 Å². The zero-order valence-electron chi connectivity index (χ0n) is 12.8. The van der Waals surface area contributed by atoms with Gasteiger partial charge in [0.1, 0.15) is 0 Å². The Balaban J connectivity index is 2.25. The Morgan fingerprint density at radius 1 is 1.14 bits per heavy atom. The summed E-state index contributed by atoms with van der Waals surface area (Å²) in [5.74, 6) is -0.398. The second kappa shape index (κ2) is 5.68. The third kappa shape index (κ3) is 2.62. The van der Waals surface area contributed by atoms with Crippen molar-refractivity contribution < 1.29 is 9.90 Å². The van der Waals surface area contributed by atoms with Crippen LogP contribution in [0.2, 0.25) is 0 Å². The van der Waals surface area contributed by atoms with E-state index < -0.39 is 5.97 Å². The van der Waals surface area contributed by atoms with Crippen LogP contribution in [0.15, 0.2) is 48.5 Å². The Labute approximate surface area is 129 Å². The molecule has 3 nitrogen and oxygen atoms in total. The molecule has 2 N–H and O–H groups in total. The lowest BCUT2D eigenvalue weighted by atomic mass is 9.98. The normalized spacial score (nSPS) is 11.2. The van der Waals surface area contributed by atoms with E-state index in [0.717, 1.165) is 27.7 Å². The van der Waals surface area contributed by atoms with E-state index in [4.69, 9.17) is 0 Å². The van der Waals surface area contributed by atoms with Gasteiger partial charge in [-0.05, 0) is 34.7 Å². The van der Waals surface area contributed by atoms with Crippen LogP contribution in [0.25, 0.3) is 22.2 Å². The van der Waals surface area contributed by atoms with Crippen LogP contribution in [0.3, 0.4) is 0 Å². The largest absolute Gasteiger partial charge is 0.481 e. The van der Waals surface area contributed by atoms with Gasteiger partial charge in [-0.2, -0.15) is 0 Å². The van der Waals surface area contributed by atoms with Crippen LogP contribution in [-0.2, 0) is 11.2 Å². The third-order valence-electron chi connectivity index (χ3n) is 3.99. The Morgan fingerprint density at radius 2 is 1.86 bits per heavy atom. The number of carbonyl (C=O) groups is 1. The smallest absolute Gasteiger partial charge is 0.307 e. The molecule has 0 atom stereocenters. The summed E-state index contributed by atoms with van der Waals surface area (Å²) in [4.78, 5) is 14.7. The Morgan fingerprint density at radius 3 is 2.50 bits per heavy atom. The van der Waals surface area contributed by atoms with Crippen molar-refractivity contribution in [2.75, 3.05) is 0 Å². The number of hydrogen-bond acceptors (Lipinski definition) is 1. The van der Waals surface area contributed by atoms with Crippen LogP contribution in [0, 0.1) is 0 Å². The maximum Gasteiger partial charge on any atom is 0.307 e. The van der Waals surface area contributed by atoms with Gasteiger partial charge in [0.05, 0.1) is 12.1 Å². The van der Waals surface area contributed by atoms with Gasteiger partial charge in [0.25, 0.3) is 0 Å². The van der Waals surface area contributed by atoms with Gasteiger partial charge in [-0.15, -0.1) is 0 Å². The van der Waals surface area contributed by atoms with Crippen LogP contribution >= 0.6 is 0 Å². The number of benzene rings is 2. The zero-order valence-corrected chi connectivity index (χ0v) is 12.8. The summed E-state index contributed by atoms with van der Waals surface area (Å²) in [6.07, 6.45) is 0.0196. The van der Waals surface area contributed by atoms with E-state index in [-0.39, 0.29) is 6.42 Å². The van der Waals surface area contributed by atoms with Gasteiger partial charge in [0, 0.05) is 10.9 Å². The van der Waals surface area contributed by atoms with Crippen LogP contribution in [-0.4, -0.2) is 16.1 Å². The van der Waals surface area contributed by atoms with Crippen LogP contribution in [0.1, 0.15) is 30.9 Å². The van der Waals surface area contributed by atoms with Crippen LogP contribution < -0.4 is 0 Å². The molecule has 3 aromatic rings. The number of hydrogen-bond donors (Lipinski definition) is 2. The molecular weight excluding hydrogens is 274 g/mol. The van der Waals surface area contributed by atoms with Gasteiger partial charge >= 0.3 is 5.97 Å². The maximum absolute atomic E-state index is 11.3. The van der Waals surface area contributed by atoms with Gasteiger partial charge in [0.15, 0.2) is 0 Å². The number of aromatic nitrogens is 1. The van der Waals surface area contributed by atoms with Gasteiger partial charge in [-0.3, -0.25) is 4.79 Å². The Kier molecular flexibility index (Phi) is 3.72. The van der Waals surface area contributed by atoms with Crippen LogP contribution in [0.5, 0.6) is 0 Å². The molecule has 0 fully saturated rings. The predicted molar refractivity (Wildman–Crippen MR) is 89.2 cm³/mol. The van der Waals surface area contributed by atoms with E-state index in [0.29, 0.717) is 5.92 Å². The fourth-order valence-electron chi connectivity index (χ4n) is 2.81. The number of H-pyrrole nitrogens is 1. The van der Waals surface area contributed by atoms with Crippen LogP contribution in [0.4, 0.5) is 0 Å². The standard InChI is InChI=1S/C19H19NO2/c1-12(2)14-8-9-17-15(10-14)16(11-18(21)22)19(20-17)13-6-4-3-5-7-13/h3-10,12,20H,11H2,1-2H3,(H,21,22). The molecular formula is C19H19NO2. The van der Waals surface area contributed by atoms with Crippen molar-refractivity contribution in [3.63, 3.8) is 0 Å². The second-order valence-corrected chi connectivity index (χ2v) is 5.87. The van der Waals surface area contributed by atoms with Crippen molar-refractivity contribution in [2.24, 2.45) is 0 Å². The average molecular weight is 293 g/mol. The minimum absolute atomic E-state index is 0.0196. The zero-order chi connectivity index (χ0) is 15.7. The minimum atomic E-state index is -0.812.